The van der Waals surface area contributed by atoms with Crippen molar-refractivity contribution in [1.82, 2.24) is 0 Å². The molecule has 0 aromatic heterocycles. The Morgan fingerprint density at radius 3 is 2.00 bits per heavy atom. The van der Waals surface area contributed by atoms with Crippen molar-refractivity contribution in [2.75, 3.05) is 5.73 Å². The van der Waals surface area contributed by atoms with Crippen molar-refractivity contribution in [1.29, 1.82) is 0 Å². The molecule has 0 amide bonds. The van der Waals surface area contributed by atoms with E-state index in [0.717, 1.165) is 0 Å². The standard InChI is InChI=1S/C6H7NO3S.C2H6/c7-5-3-1-2-4-6(5)11(8,9)10;1-2/h1-4H,7H2,(H,8,9,10);1-2H3. The van der Waals surface area contributed by atoms with Crippen LogP contribution in [0, 0.1) is 0 Å². The Hall–Kier alpha value is -1.07. The third kappa shape index (κ3) is 3.43. The van der Waals surface area contributed by atoms with E-state index >= 15 is 0 Å². The smallest absolute Gasteiger partial charge is 0.296 e. The van der Waals surface area contributed by atoms with Crippen LogP contribution < -0.4 is 5.73 Å². The summed E-state index contributed by atoms with van der Waals surface area (Å²) in [4.78, 5) is -0.250. The van der Waals surface area contributed by atoms with Crippen molar-refractivity contribution in [3.8, 4) is 0 Å². The van der Waals surface area contributed by atoms with Gasteiger partial charge in [0, 0.05) is 0 Å². The van der Waals surface area contributed by atoms with Crippen molar-refractivity contribution < 1.29 is 13.0 Å². The quantitative estimate of drug-likeness (QED) is 0.536. The lowest BCUT2D eigenvalue weighted by Crippen LogP contribution is -2.01. The molecule has 1 rings (SSSR count). The predicted octanol–water partition coefficient (Wildman–Crippen LogP) is 1.54. The molecule has 1 aromatic carbocycles. The Labute approximate surface area is 78.1 Å². The third-order valence-corrected chi connectivity index (χ3v) is 2.12. The zero-order chi connectivity index (χ0) is 10.5. The molecule has 0 saturated heterocycles. The lowest BCUT2D eigenvalue weighted by molar-refractivity contribution is 0.483. The van der Waals surface area contributed by atoms with E-state index in [1.165, 1.54) is 18.2 Å². The van der Waals surface area contributed by atoms with Crippen LogP contribution in [0.15, 0.2) is 29.2 Å². The fraction of sp³-hybridized carbons (Fsp3) is 0.250. The summed E-state index contributed by atoms with van der Waals surface area (Å²) in [5.74, 6) is 0. The van der Waals surface area contributed by atoms with E-state index in [9.17, 15) is 8.42 Å². The summed E-state index contributed by atoms with van der Waals surface area (Å²) < 4.78 is 29.6. The monoisotopic (exact) mass is 203 g/mol. The van der Waals surface area contributed by atoms with Crippen LogP contribution in [-0.4, -0.2) is 13.0 Å². The minimum atomic E-state index is -4.16. The van der Waals surface area contributed by atoms with Gasteiger partial charge in [-0.3, -0.25) is 4.55 Å². The molecule has 4 nitrogen and oxygen atoms in total. The second-order valence-electron chi connectivity index (χ2n) is 2.01. The van der Waals surface area contributed by atoms with Crippen LogP contribution in [0.5, 0.6) is 0 Å². The van der Waals surface area contributed by atoms with Gasteiger partial charge in [0.1, 0.15) is 4.90 Å². The molecule has 0 radical (unpaired) electrons. The third-order valence-electron chi connectivity index (χ3n) is 1.20. The van der Waals surface area contributed by atoms with Crippen LogP contribution in [-0.2, 0) is 10.1 Å². The molecule has 0 heterocycles. The minimum Gasteiger partial charge on any atom is -0.398 e. The summed E-state index contributed by atoms with van der Waals surface area (Å²) >= 11 is 0. The molecule has 5 heteroatoms. The molecule has 0 aliphatic heterocycles. The van der Waals surface area contributed by atoms with E-state index in [4.69, 9.17) is 10.3 Å². The van der Waals surface area contributed by atoms with Crippen LogP contribution in [0.2, 0.25) is 0 Å². The van der Waals surface area contributed by atoms with Gasteiger partial charge in [0.25, 0.3) is 10.1 Å². The molecular formula is C8H13NO3S. The molecule has 0 spiro atoms. The highest BCUT2D eigenvalue weighted by atomic mass is 32.2. The number of anilines is 1. The maximum atomic E-state index is 10.5. The number of nitrogen functional groups attached to an aromatic ring is 1. The summed E-state index contributed by atoms with van der Waals surface area (Å²) in [7, 11) is -4.16. The Kier molecular flexibility index (Phi) is 4.44. The fourth-order valence-corrected chi connectivity index (χ4v) is 1.33. The minimum absolute atomic E-state index is 0.0509. The van der Waals surface area contributed by atoms with Crippen molar-refractivity contribution in [3.63, 3.8) is 0 Å². The van der Waals surface area contributed by atoms with E-state index < -0.39 is 10.1 Å². The van der Waals surface area contributed by atoms with E-state index in [2.05, 4.69) is 0 Å². The molecular weight excluding hydrogens is 190 g/mol. The molecule has 1 aromatic rings. The van der Waals surface area contributed by atoms with Crippen LogP contribution in [0.25, 0.3) is 0 Å². The predicted molar refractivity (Wildman–Crippen MR) is 52.0 cm³/mol. The van der Waals surface area contributed by atoms with Crippen molar-refractivity contribution >= 4 is 15.8 Å². The van der Waals surface area contributed by atoms with Gasteiger partial charge in [0.05, 0.1) is 5.69 Å². The number of hydrogen-bond acceptors (Lipinski definition) is 3. The number of para-hydroxylation sites is 1. The van der Waals surface area contributed by atoms with E-state index in [1.807, 2.05) is 13.8 Å². The van der Waals surface area contributed by atoms with Gasteiger partial charge in [0.15, 0.2) is 0 Å². The van der Waals surface area contributed by atoms with Crippen molar-refractivity contribution in [2.24, 2.45) is 0 Å². The first-order valence-electron chi connectivity index (χ1n) is 3.84. The Morgan fingerprint density at radius 1 is 1.23 bits per heavy atom. The van der Waals surface area contributed by atoms with Gasteiger partial charge in [-0.1, -0.05) is 26.0 Å². The lowest BCUT2D eigenvalue weighted by Gasteiger charge is -1.98. The fourth-order valence-electron chi connectivity index (χ4n) is 0.715. The van der Waals surface area contributed by atoms with Gasteiger partial charge in [-0.15, -0.1) is 0 Å². The lowest BCUT2D eigenvalue weighted by atomic mass is 10.3. The molecule has 0 aliphatic carbocycles. The Morgan fingerprint density at radius 2 is 1.69 bits per heavy atom. The highest BCUT2D eigenvalue weighted by molar-refractivity contribution is 7.86. The molecule has 13 heavy (non-hydrogen) atoms. The number of hydrogen-bond donors (Lipinski definition) is 2. The molecule has 0 atom stereocenters. The zero-order valence-electron chi connectivity index (χ0n) is 7.56. The summed E-state index contributed by atoms with van der Waals surface area (Å²) in [6.45, 7) is 4.00. The van der Waals surface area contributed by atoms with E-state index in [-0.39, 0.29) is 10.6 Å². The van der Waals surface area contributed by atoms with Crippen LogP contribution in [0.1, 0.15) is 13.8 Å². The van der Waals surface area contributed by atoms with Crippen molar-refractivity contribution in [2.45, 2.75) is 18.7 Å². The molecule has 0 fully saturated rings. The van der Waals surface area contributed by atoms with Crippen molar-refractivity contribution in [3.05, 3.63) is 24.3 Å². The largest absolute Gasteiger partial charge is 0.398 e. The number of nitrogens with two attached hydrogens (primary N) is 1. The SMILES string of the molecule is CC.Nc1ccccc1S(=O)(=O)O. The average molecular weight is 203 g/mol. The molecule has 74 valence electrons. The van der Waals surface area contributed by atoms with Crippen LogP contribution in [0.4, 0.5) is 5.69 Å². The van der Waals surface area contributed by atoms with Gasteiger partial charge in [-0.25, -0.2) is 0 Å². The van der Waals surface area contributed by atoms with Gasteiger partial charge in [-0.2, -0.15) is 8.42 Å². The first-order valence-corrected chi connectivity index (χ1v) is 5.28. The highest BCUT2D eigenvalue weighted by Crippen LogP contribution is 2.15. The van der Waals surface area contributed by atoms with Gasteiger partial charge < -0.3 is 5.73 Å². The summed E-state index contributed by atoms with van der Waals surface area (Å²) in [5, 5.41) is 0. The molecule has 0 bridgehead atoms. The van der Waals surface area contributed by atoms with Crippen LogP contribution >= 0.6 is 0 Å². The zero-order valence-corrected chi connectivity index (χ0v) is 8.38. The summed E-state index contributed by atoms with van der Waals surface area (Å²) in [5.41, 5.74) is 5.32. The highest BCUT2D eigenvalue weighted by Gasteiger charge is 2.11. The first-order chi connectivity index (χ1) is 6.02. The summed E-state index contributed by atoms with van der Waals surface area (Å²) in [6, 6.07) is 5.72. The first kappa shape index (κ1) is 11.9. The second kappa shape index (κ2) is 4.84. The van der Waals surface area contributed by atoms with E-state index in [0.29, 0.717) is 0 Å². The Balaban J connectivity index is 0.000000671. The molecule has 0 saturated carbocycles. The Bertz CT molecular complexity index is 359. The van der Waals surface area contributed by atoms with Gasteiger partial charge >= 0.3 is 0 Å². The maximum Gasteiger partial charge on any atom is 0.296 e. The second-order valence-corrected chi connectivity index (χ2v) is 3.40. The average Bonchev–Trinajstić information content (AvgIpc) is 2.07. The molecule has 3 N–H and O–H groups in total. The normalized spacial score (nSPS) is 10.1. The maximum absolute atomic E-state index is 10.5. The molecule has 0 unspecified atom stereocenters. The van der Waals surface area contributed by atoms with Gasteiger partial charge in [-0.05, 0) is 12.1 Å². The number of rotatable bonds is 1. The van der Waals surface area contributed by atoms with Crippen LogP contribution in [0.3, 0.4) is 0 Å². The van der Waals surface area contributed by atoms with Gasteiger partial charge in [0.2, 0.25) is 0 Å². The molecule has 0 aliphatic rings. The summed E-state index contributed by atoms with van der Waals surface area (Å²) in [6.07, 6.45) is 0. The topological polar surface area (TPSA) is 80.4 Å². The van der Waals surface area contributed by atoms with E-state index in [1.54, 1.807) is 6.07 Å². The number of benzene rings is 1.